The normalized spacial score (nSPS) is 16.6. The zero-order chi connectivity index (χ0) is 18.2. The van der Waals surface area contributed by atoms with E-state index in [1.54, 1.807) is 4.90 Å². The summed E-state index contributed by atoms with van der Waals surface area (Å²) in [5, 5.41) is 12.0. The molecule has 26 heavy (non-hydrogen) atoms. The molecule has 3 rings (SSSR count). The van der Waals surface area contributed by atoms with Gasteiger partial charge in [-0.05, 0) is 24.8 Å². The Kier molecular flexibility index (Phi) is 5.99. The molecule has 2 heterocycles. The summed E-state index contributed by atoms with van der Waals surface area (Å²) in [5.41, 5.74) is 1.36. The van der Waals surface area contributed by atoms with E-state index in [1.165, 1.54) is 18.0 Å². The van der Waals surface area contributed by atoms with Crippen molar-refractivity contribution in [3.8, 4) is 11.9 Å². The van der Waals surface area contributed by atoms with Crippen LogP contribution in [0.25, 0.3) is 0 Å². The Labute approximate surface area is 152 Å². The second kappa shape index (κ2) is 8.81. The Morgan fingerprint density at radius 1 is 1.31 bits per heavy atom. The summed E-state index contributed by atoms with van der Waals surface area (Å²) < 4.78 is 5.81. The van der Waals surface area contributed by atoms with E-state index in [9.17, 15) is 4.79 Å². The maximum absolute atomic E-state index is 12.4. The first-order valence-electron chi connectivity index (χ1n) is 8.70. The molecule has 0 unspecified atom stereocenters. The summed E-state index contributed by atoms with van der Waals surface area (Å²) >= 11 is 0. The van der Waals surface area contributed by atoms with E-state index in [0.717, 1.165) is 19.3 Å². The summed E-state index contributed by atoms with van der Waals surface area (Å²) in [6, 6.07) is 11.9. The van der Waals surface area contributed by atoms with Gasteiger partial charge in [0.1, 0.15) is 12.2 Å². The second-order valence-electron chi connectivity index (χ2n) is 6.12. The Hall–Kier alpha value is -3.14. The fourth-order valence-corrected chi connectivity index (χ4v) is 2.94. The van der Waals surface area contributed by atoms with E-state index in [1.807, 2.05) is 36.4 Å². The van der Waals surface area contributed by atoms with Gasteiger partial charge in [-0.1, -0.05) is 30.3 Å². The third-order valence-corrected chi connectivity index (χ3v) is 4.25. The van der Waals surface area contributed by atoms with E-state index in [2.05, 4.69) is 15.3 Å². The molecule has 1 aromatic carbocycles. The van der Waals surface area contributed by atoms with Gasteiger partial charge >= 0.3 is 6.03 Å². The highest BCUT2D eigenvalue weighted by Crippen LogP contribution is 2.18. The highest BCUT2D eigenvalue weighted by atomic mass is 16.5. The maximum atomic E-state index is 12.4. The van der Waals surface area contributed by atoms with Gasteiger partial charge in [0.2, 0.25) is 5.69 Å². The van der Waals surface area contributed by atoms with E-state index in [0.29, 0.717) is 19.6 Å². The SMILES string of the molecule is N#Cc1nccnc1O[C@H]1CCCN(C(=O)NCCc2ccccc2)C1. The van der Waals surface area contributed by atoms with E-state index in [4.69, 9.17) is 10.00 Å². The van der Waals surface area contributed by atoms with Crippen molar-refractivity contribution in [1.82, 2.24) is 20.2 Å². The van der Waals surface area contributed by atoms with Crippen molar-refractivity contribution in [2.75, 3.05) is 19.6 Å². The number of ether oxygens (including phenoxy) is 1. The third kappa shape index (κ3) is 4.70. The summed E-state index contributed by atoms with van der Waals surface area (Å²) in [4.78, 5) is 22.2. The van der Waals surface area contributed by atoms with Gasteiger partial charge in [-0.2, -0.15) is 5.26 Å². The molecular formula is C19H21N5O2. The number of benzene rings is 1. The van der Waals surface area contributed by atoms with Gasteiger partial charge in [-0.15, -0.1) is 0 Å². The molecule has 0 bridgehead atoms. The molecule has 0 spiro atoms. The molecule has 1 atom stereocenters. The van der Waals surface area contributed by atoms with Gasteiger partial charge in [0.25, 0.3) is 5.88 Å². The quantitative estimate of drug-likeness (QED) is 0.891. The fourth-order valence-electron chi connectivity index (χ4n) is 2.94. The molecule has 0 radical (unpaired) electrons. The smallest absolute Gasteiger partial charge is 0.317 e. The van der Waals surface area contributed by atoms with Gasteiger partial charge < -0.3 is 15.0 Å². The lowest BCUT2D eigenvalue weighted by Gasteiger charge is -2.32. The average Bonchev–Trinajstić information content (AvgIpc) is 2.69. The molecule has 1 aromatic heterocycles. The van der Waals surface area contributed by atoms with Crippen LogP contribution in [-0.4, -0.2) is 46.6 Å². The van der Waals surface area contributed by atoms with Gasteiger partial charge in [0.05, 0.1) is 6.54 Å². The minimum absolute atomic E-state index is 0.0890. The molecule has 2 aromatic rings. The lowest BCUT2D eigenvalue weighted by atomic mass is 10.1. The molecular weight excluding hydrogens is 330 g/mol. The third-order valence-electron chi connectivity index (χ3n) is 4.25. The minimum Gasteiger partial charge on any atom is -0.470 e. The Balaban J connectivity index is 1.49. The second-order valence-corrected chi connectivity index (χ2v) is 6.12. The van der Waals surface area contributed by atoms with Crippen molar-refractivity contribution >= 4 is 6.03 Å². The van der Waals surface area contributed by atoms with Crippen molar-refractivity contribution in [2.45, 2.75) is 25.4 Å². The van der Waals surface area contributed by atoms with Crippen LogP contribution in [0.2, 0.25) is 0 Å². The lowest BCUT2D eigenvalue weighted by molar-refractivity contribution is 0.0973. The molecule has 1 aliphatic heterocycles. The zero-order valence-corrected chi connectivity index (χ0v) is 14.5. The van der Waals surface area contributed by atoms with Crippen molar-refractivity contribution in [1.29, 1.82) is 5.26 Å². The molecule has 1 aliphatic rings. The molecule has 134 valence electrons. The fraction of sp³-hybridized carbons (Fsp3) is 0.368. The van der Waals surface area contributed by atoms with Crippen LogP contribution in [0.15, 0.2) is 42.7 Å². The zero-order valence-electron chi connectivity index (χ0n) is 14.5. The number of carbonyl (C=O) groups is 1. The van der Waals surface area contributed by atoms with E-state index >= 15 is 0 Å². The van der Waals surface area contributed by atoms with Crippen molar-refractivity contribution in [2.24, 2.45) is 0 Å². The van der Waals surface area contributed by atoms with Gasteiger partial charge in [-0.25, -0.2) is 14.8 Å². The predicted molar refractivity (Wildman–Crippen MR) is 95.5 cm³/mol. The molecule has 0 aliphatic carbocycles. The molecule has 7 nitrogen and oxygen atoms in total. The van der Waals surface area contributed by atoms with Crippen LogP contribution < -0.4 is 10.1 Å². The minimum atomic E-state index is -0.188. The monoisotopic (exact) mass is 351 g/mol. The van der Waals surface area contributed by atoms with Crippen molar-refractivity contribution < 1.29 is 9.53 Å². The first-order valence-corrected chi connectivity index (χ1v) is 8.70. The molecule has 0 saturated carbocycles. The van der Waals surface area contributed by atoms with Crippen LogP contribution in [0.1, 0.15) is 24.1 Å². The number of aromatic nitrogens is 2. The summed E-state index contributed by atoms with van der Waals surface area (Å²) in [5.74, 6) is 0.228. The van der Waals surface area contributed by atoms with Gasteiger partial charge in [0, 0.05) is 25.5 Å². The van der Waals surface area contributed by atoms with Gasteiger partial charge in [0.15, 0.2) is 0 Å². The van der Waals surface area contributed by atoms with Crippen LogP contribution in [-0.2, 0) is 6.42 Å². The number of hydrogen-bond donors (Lipinski definition) is 1. The standard InChI is InChI=1S/C19H21N5O2/c20-13-17-18(22-11-10-21-17)26-16-7-4-12-24(14-16)19(25)23-9-8-15-5-2-1-3-6-15/h1-3,5-6,10-11,16H,4,7-9,12,14H2,(H,23,25)/t16-/m0/s1. The van der Waals surface area contributed by atoms with Crippen molar-refractivity contribution in [3.63, 3.8) is 0 Å². The van der Waals surface area contributed by atoms with Gasteiger partial charge in [-0.3, -0.25) is 0 Å². The molecule has 2 amide bonds. The number of carbonyl (C=O) groups excluding carboxylic acids is 1. The molecule has 7 heteroatoms. The van der Waals surface area contributed by atoms with E-state index < -0.39 is 0 Å². The van der Waals surface area contributed by atoms with Crippen LogP contribution >= 0.6 is 0 Å². The predicted octanol–water partition coefficient (Wildman–Crippen LogP) is 2.14. The van der Waals surface area contributed by atoms with Crippen molar-refractivity contribution in [3.05, 3.63) is 54.0 Å². The first-order chi connectivity index (χ1) is 12.8. The topological polar surface area (TPSA) is 91.1 Å². The highest BCUT2D eigenvalue weighted by Gasteiger charge is 2.25. The number of amides is 2. The number of nitrogens with one attached hydrogen (secondary N) is 1. The number of urea groups is 1. The highest BCUT2D eigenvalue weighted by molar-refractivity contribution is 5.74. The number of likely N-dealkylation sites (tertiary alicyclic amines) is 1. The summed E-state index contributed by atoms with van der Waals surface area (Å²) in [7, 11) is 0. The Bertz CT molecular complexity index is 775. The van der Waals surface area contributed by atoms with Crippen LogP contribution in [0, 0.1) is 11.3 Å². The first kappa shape index (κ1) is 17.7. The molecule has 1 fully saturated rings. The maximum Gasteiger partial charge on any atom is 0.317 e. The number of nitriles is 1. The van der Waals surface area contributed by atoms with E-state index in [-0.39, 0.29) is 23.7 Å². The van der Waals surface area contributed by atoms with Crippen LogP contribution in [0.5, 0.6) is 5.88 Å². The number of piperidine rings is 1. The summed E-state index contributed by atoms with van der Waals surface area (Å²) in [6.07, 6.45) is 5.22. The van der Waals surface area contributed by atoms with Crippen LogP contribution in [0.3, 0.4) is 0 Å². The number of hydrogen-bond acceptors (Lipinski definition) is 5. The summed E-state index contributed by atoms with van der Waals surface area (Å²) in [6.45, 7) is 1.76. The average molecular weight is 351 g/mol. The molecule has 1 saturated heterocycles. The molecule has 1 N–H and O–H groups in total. The largest absolute Gasteiger partial charge is 0.470 e. The Morgan fingerprint density at radius 2 is 2.12 bits per heavy atom. The number of nitrogens with zero attached hydrogens (tertiary/aromatic N) is 4. The lowest BCUT2D eigenvalue weighted by Crippen LogP contribution is -2.49. The Morgan fingerprint density at radius 3 is 2.92 bits per heavy atom. The van der Waals surface area contributed by atoms with Crippen LogP contribution in [0.4, 0.5) is 4.79 Å². The number of rotatable bonds is 5.